The van der Waals surface area contributed by atoms with Gasteiger partial charge in [0.05, 0.1) is 0 Å². The van der Waals surface area contributed by atoms with Gasteiger partial charge in [-0.05, 0) is 6.92 Å². The maximum absolute atomic E-state index is 12.1. The molecule has 0 radical (unpaired) electrons. The van der Waals surface area contributed by atoms with E-state index in [2.05, 4.69) is 20.0 Å². The number of H-pyrrole nitrogens is 1. The monoisotopic (exact) mass is 270 g/mol. The van der Waals surface area contributed by atoms with Crippen LogP contribution in [0.4, 0.5) is 5.82 Å². The van der Waals surface area contributed by atoms with Crippen LogP contribution >= 0.6 is 0 Å². The Labute approximate surface area is 104 Å². The zero-order valence-electron chi connectivity index (χ0n) is 10.0. The van der Waals surface area contributed by atoms with Crippen molar-refractivity contribution in [2.45, 2.75) is 18.5 Å². The number of aromatic nitrogens is 4. The summed E-state index contributed by atoms with van der Waals surface area (Å²) in [7, 11) is -2.07. The van der Waals surface area contributed by atoms with E-state index < -0.39 is 10.0 Å². The Morgan fingerprint density at radius 1 is 1.56 bits per heavy atom. The van der Waals surface area contributed by atoms with Crippen molar-refractivity contribution >= 4 is 15.8 Å². The Kier molecular flexibility index (Phi) is 3.09. The molecule has 0 spiro atoms. The van der Waals surface area contributed by atoms with Crippen LogP contribution in [0.15, 0.2) is 17.3 Å². The maximum atomic E-state index is 12.1. The van der Waals surface area contributed by atoms with Crippen molar-refractivity contribution in [2.24, 2.45) is 12.8 Å². The molecule has 9 heteroatoms. The molecule has 0 bridgehead atoms. The fraction of sp³-hybridized carbons (Fsp3) is 0.333. The number of anilines is 1. The molecule has 2 heterocycles. The quantitative estimate of drug-likeness (QED) is 0.705. The van der Waals surface area contributed by atoms with Gasteiger partial charge in [0.15, 0.2) is 5.82 Å². The molecule has 0 saturated heterocycles. The highest BCUT2D eigenvalue weighted by atomic mass is 32.2. The fourth-order valence-electron chi connectivity index (χ4n) is 1.55. The van der Waals surface area contributed by atoms with Crippen molar-refractivity contribution < 1.29 is 8.42 Å². The zero-order valence-corrected chi connectivity index (χ0v) is 10.8. The van der Waals surface area contributed by atoms with E-state index in [1.165, 1.54) is 4.68 Å². The summed E-state index contributed by atoms with van der Waals surface area (Å²) < 4.78 is 28.1. The third kappa shape index (κ3) is 2.22. The average molecular weight is 270 g/mol. The lowest BCUT2D eigenvalue weighted by atomic mass is 10.3. The standard InChI is InChI=1S/C9H14N6O2S/c1-6-7(5-10)9(12-11-6)18(16,17)14-8-3-4-15(2)13-8/h3-4H,5,10H2,1-2H3,(H,11,12)(H,13,14). The summed E-state index contributed by atoms with van der Waals surface area (Å²) in [5, 5.41) is 10.2. The van der Waals surface area contributed by atoms with Crippen molar-refractivity contribution in [3.63, 3.8) is 0 Å². The molecular formula is C9H14N6O2S. The number of nitrogens with two attached hydrogens (primary N) is 1. The van der Waals surface area contributed by atoms with Crippen LogP contribution in [0.3, 0.4) is 0 Å². The topological polar surface area (TPSA) is 119 Å². The van der Waals surface area contributed by atoms with E-state index in [0.29, 0.717) is 11.3 Å². The Hall–Kier alpha value is -1.87. The van der Waals surface area contributed by atoms with Crippen LogP contribution in [-0.4, -0.2) is 28.4 Å². The summed E-state index contributed by atoms with van der Waals surface area (Å²) in [6.07, 6.45) is 1.64. The van der Waals surface area contributed by atoms with Gasteiger partial charge in [0, 0.05) is 37.1 Å². The van der Waals surface area contributed by atoms with Gasteiger partial charge in [-0.1, -0.05) is 0 Å². The molecule has 0 aromatic carbocycles. The molecular weight excluding hydrogens is 256 g/mol. The number of nitrogens with zero attached hydrogens (tertiary/aromatic N) is 3. The van der Waals surface area contributed by atoms with Gasteiger partial charge in [-0.15, -0.1) is 0 Å². The second-order valence-electron chi connectivity index (χ2n) is 3.82. The van der Waals surface area contributed by atoms with E-state index in [1.807, 2.05) is 0 Å². The minimum atomic E-state index is -3.77. The highest BCUT2D eigenvalue weighted by molar-refractivity contribution is 7.92. The lowest BCUT2D eigenvalue weighted by Crippen LogP contribution is -2.17. The molecule has 0 amide bonds. The summed E-state index contributed by atoms with van der Waals surface area (Å²) >= 11 is 0. The molecule has 4 N–H and O–H groups in total. The third-order valence-electron chi connectivity index (χ3n) is 2.45. The van der Waals surface area contributed by atoms with Crippen LogP contribution in [0, 0.1) is 6.92 Å². The Bertz CT molecular complexity index is 656. The number of aryl methyl sites for hydroxylation is 2. The fourth-order valence-corrected chi connectivity index (χ4v) is 2.76. The van der Waals surface area contributed by atoms with Crippen LogP contribution in [0.5, 0.6) is 0 Å². The van der Waals surface area contributed by atoms with Gasteiger partial charge in [-0.3, -0.25) is 14.5 Å². The molecule has 8 nitrogen and oxygen atoms in total. The minimum Gasteiger partial charge on any atom is -0.326 e. The van der Waals surface area contributed by atoms with Gasteiger partial charge < -0.3 is 5.73 Å². The summed E-state index contributed by atoms with van der Waals surface area (Å²) in [5.74, 6) is 0.237. The van der Waals surface area contributed by atoms with E-state index in [4.69, 9.17) is 5.73 Å². The zero-order chi connectivity index (χ0) is 13.3. The Morgan fingerprint density at radius 2 is 2.28 bits per heavy atom. The largest absolute Gasteiger partial charge is 0.326 e. The molecule has 0 unspecified atom stereocenters. The number of aromatic amines is 1. The molecule has 2 aromatic heterocycles. The van der Waals surface area contributed by atoms with E-state index in [0.717, 1.165) is 0 Å². The van der Waals surface area contributed by atoms with E-state index in [9.17, 15) is 8.42 Å². The summed E-state index contributed by atoms with van der Waals surface area (Å²) in [6.45, 7) is 1.82. The van der Waals surface area contributed by atoms with Gasteiger partial charge in [0.1, 0.15) is 0 Å². The van der Waals surface area contributed by atoms with Gasteiger partial charge in [-0.25, -0.2) is 0 Å². The summed E-state index contributed by atoms with van der Waals surface area (Å²) in [4.78, 5) is 0. The van der Waals surface area contributed by atoms with Crippen molar-refractivity contribution in [3.05, 3.63) is 23.5 Å². The normalized spacial score (nSPS) is 11.7. The lowest BCUT2D eigenvalue weighted by Gasteiger charge is -2.04. The number of nitrogens with one attached hydrogen (secondary N) is 2. The molecule has 98 valence electrons. The predicted octanol–water partition coefficient (Wildman–Crippen LogP) is -0.289. The van der Waals surface area contributed by atoms with E-state index in [1.54, 1.807) is 26.2 Å². The summed E-state index contributed by atoms with van der Waals surface area (Å²) in [6, 6.07) is 1.55. The average Bonchev–Trinajstić information content (AvgIpc) is 2.84. The molecule has 2 aromatic rings. The van der Waals surface area contributed by atoms with Crippen LogP contribution in [-0.2, 0) is 23.6 Å². The number of sulfonamides is 1. The smallest absolute Gasteiger partial charge is 0.282 e. The number of rotatable bonds is 4. The predicted molar refractivity (Wildman–Crippen MR) is 65.2 cm³/mol. The van der Waals surface area contributed by atoms with Crippen LogP contribution in [0.25, 0.3) is 0 Å². The van der Waals surface area contributed by atoms with Crippen molar-refractivity contribution in [1.29, 1.82) is 0 Å². The first-order chi connectivity index (χ1) is 8.44. The SMILES string of the molecule is Cc1[nH]nc(S(=O)(=O)Nc2ccn(C)n2)c1CN. The van der Waals surface area contributed by atoms with Crippen molar-refractivity contribution in [1.82, 2.24) is 20.0 Å². The van der Waals surface area contributed by atoms with Gasteiger partial charge in [0.2, 0.25) is 5.03 Å². The number of hydrogen-bond donors (Lipinski definition) is 3. The second-order valence-corrected chi connectivity index (χ2v) is 5.41. The van der Waals surface area contributed by atoms with Crippen LogP contribution < -0.4 is 10.5 Å². The molecule has 0 aliphatic heterocycles. The highest BCUT2D eigenvalue weighted by Crippen LogP contribution is 2.18. The molecule has 0 aliphatic carbocycles. The van der Waals surface area contributed by atoms with Crippen molar-refractivity contribution in [3.8, 4) is 0 Å². The Morgan fingerprint density at radius 3 is 2.83 bits per heavy atom. The van der Waals surface area contributed by atoms with E-state index in [-0.39, 0.29) is 17.4 Å². The van der Waals surface area contributed by atoms with Crippen molar-refractivity contribution in [2.75, 3.05) is 4.72 Å². The summed E-state index contributed by atoms with van der Waals surface area (Å²) in [5.41, 5.74) is 6.63. The van der Waals surface area contributed by atoms with Gasteiger partial charge >= 0.3 is 0 Å². The Balaban J connectivity index is 2.36. The lowest BCUT2D eigenvalue weighted by molar-refractivity contribution is 0.595. The minimum absolute atomic E-state index is 0.0897. The number of hydrogen-bond acceptors (Lipinski definition) is 5. The van der Waals surface area contributed by atoms with Crippen LogP contribution in [0.2, 0.25) is 0 Å². The maximum Gasteiger partial charge on any atom is 0.282 e. The molecule has 0 aliphatic rings. The molecule has 18 heavy (non-hydrogen) atoms. The third-order valence-corrected chi connectivity index (χ3v) is 3.77. The van der Waals surface area contributed by atoms with E-state index >= 15 is 0 Å². The first kappa shape index (κ1) is 12.6. The first-order valence-corrected chi connectivity index (χ1v) is 6.68. The van der Waals surface area contributed by atoms with Gasteiger partial charge in [0.25, 0.3) is 10.0 Å². The van der Waals surface area contributed by atoms with Crippen LogP contribution in [0.1, 0.15) is 11.3 Å². The second kappa shape index (κ2) is 4.42. The molecule has 0 fully saturated rings. The van der Waals surface area contributed by atoms with Gasteiger partial charge in [-0.2, -0.15) is 18.6 Å². The molecule has 0 atom stereocenters. The molecule has 2 rings (SSSR count). The highest BCUT2D eigenvalue weighted by Gasteiger charge is 2.23. The molecule has 0 saturated carbocycles. The first-order valence-electron chi connectivity index (χ1n) is 5.20.